The molecule has 4 atom stereocenters. The molecule has 0 unspecified atom stereocenters. The Hall–Kier alpha value is -0.450. The van der Waals surface area contributed by atoms with E-state index in [9.17, 15) is 4.79 Å². The topological polar surface area (TPSA) is 77.8 Å². The van der Waals surface area contributed by atoms with E-state index in [-0.39, 0.29) is 18.1 Å². The fraction of sp³-hybridized carbons (Fsp3) is 0.857. The van der Waals surface area contributed by atoms with Crippen molar-refractivity contribution in [3.63, 3.8) is 0 Å². The third kappa shape index (κ3) is 1.42. The van der Waals surface area contributed by atoms with Crippen LogP contribution in [0, 0.1) is 5.92 Å². The van der Waals surface area contributed by atoms with Gasteiger partial charge in [-0.05, 0) is 6.42 Å². The third-order valence-electron chi connectivity index (χ3n) is 2.09. The molecule has 0 aromatic heterocycles. The number of carbonyl (C=O) groups excluding carboxylic acids is 1. The van der Waals surface area contributed by atoms with Gasteiger partial charge in [-0.15, -0.1) is 0 Å². The van der Waals surface area contributed by atoms with Crippen molar-refractivity contribution in [2.75, 3.05) is 0 Å². The Balaban J connectivity index is 2.70. The molecule has 1 aliphatic carbocycles. The van der Waals surface area contributed by atoms with Gasteiger partial charge in [0.25, 0.3) is 0 Å². The molecule has 0 aromatic carbocycles. The van der Waals surface area contributed by atoms with Crippen LogP contribution in [0.5, 0.6) is 0 Å². The summed E-state index contributed by atoms with van der Waals surface area (Å²) in [6, 6.07) is 0. The number of carbonyl (C=O) groups is 1. The number of rotatable bonds is 0. The van der Waals surface area contributed by atoms with Crippen molar-refractivity contribution in [2.24, 2.45) is 5.92 Å². The van der Waals surface area contributed by atoms with Crippen LogP contribution >= 0.6 is 0 Å². The number of aliphatic hydroxyl groups excluding tert-OH is 3. The maximum Gasteiger partial charge on any atom is 0.166 e. The predicted octanol–water partition coefficient (Wildman–Crippen LogP) is -1.32. The van der Waals surface area contributed by atoms with E-state index in [0.717, 1.165) is 0 Å². The van der Waals surface area contributed by atoms with Crippen LogP contribution in [0.25, 0.3) is 0 Å². The molecule has 0 amide bonds. The van der Waals surface area contributed by atoms with E-state index in [2.05, 4.69) is 0 Å². The van der Waals surface area contributed by atoms with Crippen molar-refractivity contribution < 1.29 is 20.1 Å². The Morgan fingerprint density at radius 1 is 1.36 bits per heavy atom. The smallest absolute Gasteiger partial charge is 0.166 e. The molecule has 1 rings (SSSR count). The molecule has 0 aliphatic heterocycles. The average Bonchev–Trinajstić information content (AvgIpc) is 1.97. The minimum absolute atomic E-state index is 0.233. The van der Waals surface area contributed by atoms with Gasteiger partial charge in [0.2, 0.25) is 0 Å². The molecule has 4 nitrogen and oxygen atoms in total. The highest BCUT2D eigenvalue weighted by atomic mass is 16.4. The summed E-state index contributed by atoms with van der Waals surface area (Å²) in [6.45, 7) is 1.63. The summed E-state index contributed by atoms with van der Waals surface area (Å²) in [5, 5.41) is 27.1. The van der Waals surface area contributed by atoms with E-state index >= 15 is 0 Å². The lowest BCUT2D eigenvalue weighted by atomic mass is 9.83. The molecule has 1 aliphatic rings. The standard InChI is InChI=1S/C7H12O4/c1-3-2-4(8)6(10)7(11)5(3)9/h3-4,6-8,10-11H,2H2,1H3/t3-,4-,6-,7-/m0/s1. The number of hydrogen-bond donors (Lipinski definition) is 3. The van der Waals surface area contributed by atoms with E-state index in [0.29, 0.717) is 0 Å². The highest BCUT2D eigenvalue weighted by Gasteiger charge is 2.39. The number of ketones is 1. The van der Waals surface area contributed by atoms with Gasteiger partial charge >= 0.3 is 0 Å². The molecule has 0 saturated heterocycles. The lowest BCUT2D eigenvalue weighted by Gasteiger charge is -2.30. The minimum atomic E-state index is -1.41. The second-order valence-corrected chi connectivity index (χ2v) is 3.04. The normalized spacial score (nSPS) is 46.0. The number of hydrogen-bond acceptors (Lipinski definition) is 4. The first kappa shape index (κ1) is 8.64. The third-order valence-corrected chi connectivity index (χ3v) is 2.09. The second kappa shape index (κ2) is 2.89. The van der Waals surface area contributed by atoms with Crippen LogP contribution in [-0.4, -0.2) is 39.4 Å². The summed E-state index contributed by atoms with van der Waals surface area (Å²) in [5.74, 6) is -0.744. The van der Waals surface area contributed by atoms with Crippen LogP contribution < -0.4 is 0 Å². The second-order valence-electron chi connectivity index (χ2n) is 3.04. The molecule has 0 bridgehead atoms. The van der Waals surface area contributed by atoms with Crippen molar-refractivity contribution in [3.8, 4) is 0 Å². The summed E-state index contributed by atoms with van der Waals surface area (Å²) in [5.41, 5.74) is 0. The van der Waals surface area contributed by atoms with Crippen molar-refractivity contribution >= 4 is 5.78 Å². The molecule has 1 fully saturated rings. The summed E-state index contributed by atoms with van der Waals surface area (Å²) in [7, 11) is 0. The first-order chi connectivity index (χ1) is 5.04. The summed E-state index contributed by atoms with van der Waals surface area (Å²) < 4.78 is 0. The largest absolute Gasteiger partial charge is 0.390 e. The van der Waals surface area contributed by atoms with E-state index < -0.39 is 18.3 Å². The zero-order valence-electron chi connectivity index (χ0n) is 6.27. The Bertz CT molecular complexity index is 168. The fourth-order valence-corrected chi connectivity index (χ4v) is 1.29. The van der Waals surface area contributed by atoms with Crippen LogP contribution in [0.2, 0.25) is 0 Å². The summed E-state index contributed by atoms with van der Waals surface area (Å²) >= 11 is 0. The molecule has 64 valence electrons. The SMILES string of the molecule is C[C@H]1C[C@H](O)[C@H](O)[C@@H](O)C1=O. The average molecular weight is 160 g/mol. The molecule has 11 heavy (non-hydrogen) atoms. The zero-order chi connectivity index (χ0) is 8.59. The van der Waals surface area contributed by atoms with Gasteiger partial charge in [-0.2, -0.15) is 0 Å². The van der Waals surface area contributed by atoms with Crippen molar-refractivity contribution in [1.82, 2.24) is 0 Å². The molecule has 3 N–H and O–H groups in total. The van der Waals surface area contributed by atoms with Gasteiger partial charge in [-0.25, -0.2) is 0 Å². The van der Waals surface area contributed by atoms with Crippen LogP contribution in [0.1, 0.15) is 13.3 Å². The lowest BCUT2D eigenvalue weighted by molar-refractivity contribution is -0.152. The van der Waals surface area contributed by atoms with E-state index in [1.807, 2.05) is 0 Å². The van der Waals surface area contributed by atoms with Crippen LogP contribution in [0.15, 0.2) is 0 Å². The Labute approximate surface area is 64.5 Å². The molecule has 0 spiro atoms. The van der Waals surface area contributed by atoms with Crippen molar-refractivity contribution in [3.05, 3.63) is 0 Å². The van der Waals surface area contributed by atoms with Gasteiger partial charge in [-0.3, -0.25) is 4.79 Å². The first-order valence-corrected chi connectivity index (χ1v) is 3.62. The maximum absolute atomic E-state index is 11.0. The highest BCUT2D eigenvalue weighted by Crippen LogP contribution is 2.21. The summed E-state index contributed by atoms with van der Waals surface area (Å²) in [4.78, 5) is 11.0. The van der Waals surface area contributed by atoms with Gasteiger partial charge < -0.3 is 15.3 Å². The van der Waals surface area contributed by atoms with E-state index in [1.165, 1.54) is 0 Å². The fourth-order valence-electron chi connectivity index (χ4n) is 1.29. The zero-order valence-corrected chi connectivity index (χ0v) is 6.27. The van der Waals surface area contributed by atoms with Gasteiger partial charge in [-0.1, -0.05) is 6.92 Å². The first-order valence-electron chi connectivity index (χ1n) is 3.62. The maximum atomic E-state index is 11.0. The summed E-state index contributed by atoms with van der Waals surface area (Å²) in [6.07, 6.45) is -3.46. The molecule has 4 heteroatoms. The molecule has 0 radical (unpaired) electrons. The van der Waals surface area contributed by atoms with Crippen LogP contribution in [0.3, 0.4) is 0 Å². The van der Waals surface area contributed by atoms with Crippen molar-refractivity contribution in [2.45, 2.75) is 31.7 Å². The monoisotopic (exact) mass is 160 g/mol. The minimum Gasteiger partial charge on any atom is -0.390 e. The van der Waals surface area contributed by atoms with Gasteiger partial charge in [0, 0.05) is 5.92 Å². The molecular formula is C7H12O4. The van der Waals surface area contributed by atoms with Crippen LogP contribution in [-0.2, 0) is 4.79 Å². The van der Waals surface area contributed by atoms with E-state index in [1.54, 1.807) is 6.92 Å². The quantitative estimate of drug-likeness (QED) is 0.410. The molecule has 0 heterocycles. The lowest BCUT2D eigenvalue weighted by Crippen LogP contribution is -2.50. The molecule has 1 saturated carbocycles. The molecular weight excluding hydrogens is 148 g/mol. The Kier molecular flexibility index (Phi) is 2.27. The van der Waals surface area contributed by atoms with Crippen molar-refractivity contribution in [1.29, 1.82) is 0 Å². The Morgan fingerprint density at radius 3 is 2.45 bits per heavy atom. The van der Waals surface area contributed by atoms with Gasteiger partial charge in [0.1, 0.15) is 12.2 Å². The highest BCUT2D eigenvalue weighted by molar-refractivity contribution is 5.86. The van der Waals surface area contributed by atoms with Gasteiger partial charge in [0.05, 0.1) is 6.10 Å². The van der Waals surface area contributed by atoms with E-state index in [4.69, 9.17) is 15.3 Å². The van der Waals surface area contributed by atoms with Gasteiger partial charge in [0.15, 0.2) is 5.78 Å². The number of Topliss-reactive ketones (excluding diaryl/α,β-unsaturated/α-hetero) is 1. The Morgan fingerprint density at radius 2 is 1.91 bits per heavy atom. The molecule has 0 aromatic rings. The van der Waals surface area contributed by atoms with Crippen LogP contribution in [0.4, 0.5) is 0 Å². The number of aliphatic hydroxyl groups is 3. The predicted molar refractivity (Wildman–Crippen MR) is 36.8 cm³/mol.